The van der Waals surface area contributed by atoms with Crippen LogP contribution < -0.4 is 0 Å². The molecule has 0 unspecified atom stereocenters. The fourth-order valence-electron chi connectivity index (χ4n) is 4.33. The van der Waals surface area contributed by atoms with E-state index in [9.17, 15) is 0 Å². The molecule has 0 N–H and O–H groups in total. The number of rotatable bonds is 5. The standard InChI is InChI=1S/C20H18N.C16H18N.Ir/c1-20(2,16-10-4-3-5-11-16)18-13-7-6-12-17(18)19-14-8-9-15-21-19;1-16(2,3)12-13-9-10-17-15(11-13)14-7-5-4-6-8-14;/h3-11,13-15H,1-2H3;4-7,9-11H,12H2,1-3H3;/q2*-1;/i;12D2;. The molecule has 5 aromatic rings. The Hall–Kier alpha value is -3.39. The van der Waals surface area contributed by atoms with Crippen LogP contribution in [-0.2, 0) is 31.9 Å². The number of hydrogen-bond donors (Lipinski definition) is 0. The average molecular weight is 691 g/mol. The van der Waals surface area contributed by atoms with Crippen LogP contribution >= 0.6 is 0 Å². The fourth-order valence-corrected chi connectivity index (χ4v) is 4.33. The zero-order chi connectivity index (χ0) is 28.8. The second-order valence-corrected chi connectivity index (χ2v) is 10.7. The monoisotopic (exact) mass is 691 g/mol. The van der Waals surface area contributed by atoms with Gasteiger partial charge in [0.25, 0.3) is 0 Å². The second kappa shape index (κ2) is 13.6. The first-order valence-electron chi connectivity index (χ1n) is 13.9. The molecule has 2 aromatic heterocycles. The Morgan fingerprint density at radius 1 is 0.692 bits per heavy atom. The molecule has 0 bridgehead atoms. The van der Waals surface area contributed by atoms with Gasteiger partial charge in [0.15, 0.2) is 0 Å². The van der Waals surface area contributed by atoms with E-state index in [2.05, 4.69) is 72.3 Å². The van der Waals surface area contributed by atoms with Gasteiger partial charge in [-0.3, -0.25) is 0 Å². The van der Waals surface area contributed by atoms with Crippen molar-refractivity contribution in [2.75, 3.05) is 0 Å². The predicted molar refractivity (Wildman–Crippen MR) is 159 cm³/mol. The molecule has 0 aliphatic carbocycles. The van der Waals surface area contributed by atoms with E-state index in [1.54, 1.807) is 12.3 Å². The van der Waals surface area contributed by atoms with Crippen LogP contribution in [-0.4, -0.2) is 9.97 Å². The Balaban J connectivity index is 0.000000221. The molecular weight excluding hydrogens is 653 g/mol. The van der Waals surface area contributed by atoms with E-state index >= 15 is 0 Å². The van der Waals surface area contributed by atoms with E-state index in [0.717, 1.165) is 22.5 Å². The number of aromatic nitrogens is 2. The molecule has 0 aliphatic heterocycles. The van der Waals surface area contributed by atoms with Gasteiger partial charge in [-0.1, -0.05) is 88.7 Å². The van der Waals surface area contributed by atoms with Crippen LogP contribution in [0.4, 0.5) is 0 Å². The van der Waals surface area contributed by atoms with Crippen LogP contribution in [0.15, 0.2) is 116 Å². The molecule has 0 fully saturated rings. The molecule has 3 heteroatoms. The summed E-state index contributed by atoms with van der Waals surface area (Å²) in [5.74, 6) is 0. The first kappa shape index (κ1) is 27.2. The summed E-state index contributed by atoms with van der Waals surface area (Å²) in [6.07, 6.45) is 2.09. The zero-order valence-corrected chi connectivity index (χ0v) is 25.6. The smallest absolute Gasteiger partial charge is 0.0321 e. The summed E-state index contributed by atoms with van der Waals surface area (Å²) in [6, 6.07) is 40.4. The first-order chi connectivity index (χ1) is 19.0. The minimum atomic E-state index is -1.40. The van der Waals surface area contributed by atoms with Crippen LogP contribution in [0.5, 0.6) is 0 Å². The van der Waals surface area contributed by atoms with Crippen molar-refractivity contribution >= 4 is 0 Å². The van der Waals surface area contributed by atoms with Gasteiger partial charge in [0.2, 0.25) is 0 Å². The molecule has 0 aliphatic rings. The van der Waals surface area contributed by atoms with Crippen molar-refractivity contribution in [2.45, 2.75) is 46.4 Å². The molecule has 3 aromatic carbocycles. The van der Waals surface area contributed by atoms with Gasteiger partial charge in [0.1, 0.15) is 0 Å². The molecular formula is C36H36IrN2-2. The Morgan fingerprint density at radius 2 is 1.38 bits per heavy atom. The average Bonchev–Trinajstić information content (AvgIpc) is 2.98. The van der Waals surface area contributed by atoms with E-state index in [1.165, 1.54) is 11.1 Å². The van der Waals surface area contributed by atoms with Crippen LogP contribution in [0.3, 0.4) is 0 Å². The van der Waals surface area contributed by atoms with Gasteiger partial charge < -0.3 is 9.97 Å². The molecule has 0 spiro atoms. The summed E-state index contributed by atoms with van der Waals surface area (Å²) in [5.41, 5.74) is 6.32. The molecule has 39 heavy (non-hydrogen) atoms. The summed E-state index contributed by atoms with van der Waals surface area (Å²) in [4.78, 5) is 8.79. The maximum atomic E-state index is 8.31. The zero-order valence-electron chi connectivity index (χ0n) is 25.2. The van der Waals surface area contributed by atoms with E-state index in [4.69, 9.17) is 2.74 Å². The minimum absolute atomic E-state index is 0. The maximum absolute atomic E-state index is 8.31. The summed E-state index contributed by atoms with van der Waals surface area (Å²) >= 11 is 0. The summed E-state index contributed by atoms with van der Waals surface area (Å²) in [7, 11) is 0. The topological polar surface area (TPSA) is 25.8 Å². The third kappa shape index (κ3) is 8.29. The van der Waals surface area contributed by atoms with Crippen LogP contribution in [0, 0.1) is 17.5 Å². The van der Waals surface area contributed by atoms with Crippen LogP contribution in [0.2, 0.25) is 0 Å². The van der Waals surface area contributed by atoms with Crippen molar-refractivity contribution in [1.82, 2.24) is 9.97 Å². The minimum Gasteiger partial charge on any atom is -0.305 e. The van der Waals surface area contributed by atoms with Crippen molar-refractivity contribution in [2.24, 2.45) is 5.41 Å². The molecule has 2 nitrogen and oxygen atoms in total. The SMILES string of the molecule is CC(C)(c1ccccc1)c1ccc[c-]c1-c1ccccn1.[2H]C([2H])(c1ccnc(-c2[c-]cccc2)c1)C(C)(C)C.[Ir]. The third-order valence-corrected chi connectivity index (χ3v) is 6.21. The van der Waals surface area contributed by atoms with Crippen LogP contribution in [0.1, 0.15) is 54.1 Å². The van der Waals surface area contributed by atoms with Gasteiger partial charge in [-0.2, -0.15) is 0 Å². The van der Waals surface area contributed by atoms with Gasteiger partial charge in [0, 0.05) is 35.2 Å². The maximum Gasteiger partial charge on any atom is 0.0321 e. The van der Waals surface area contributed by atoms with E-state index in [1.807, 2.05) is 87.6 Å². The number of hydrogen-bond acceptors (Lipinski definition) is 2. The predicted octanol–water partition coefficient (Wildman–Crippen LogP) is 9.01. The van der Waals surface area contributed by atoms with Gasteiger partial charge in [-0.15, -0.1) is 71.3 Å². The molecule has 5 rings (SSSR count). The quantitative estimate of drug-likeness (QED) is 0.172. The Kier molecular flexibility index (Phi) is 9.48. The van der Waals surface area contributed by atoms with Gasteiger partial charge in [0.05, 0.1) is 0 Å². The number of nitrogens with zero attached hydrogens (tertiary/aromatic N) is 2. The number of pyridine rings is 2. The third-order valence-electron chi connectivity index (χ3n) is 6.21. The van der Waals surface area contributed by atoms with Gasteiger partial charge in [-0.25, -0.2) is 0 Å². The molecule has 1 radical (unpaired) electrons. The van der Waals surface area contributed by atoms with Crippen molar-refractivity contribution in [3.05, 3.63) is 144 Å². The van der Waals surface area contributed by atoms with Crippen molar-refractivity contribution in [1.29, 1.82) is 0 Å². The fraction of sp³-hybridized carbons (Fsp3) is 0.222. The second-order valence-electron chi connectivity index (χ2n) is 10.7. The molecule has 2 heterocycles. The Labute approximate surface area is 250 Å². The summed E-state index contributed by atoms with van der Waals surface area (Å²) in [6.45, 7) is 10.2. The molecule has 0 amide bonds. The van der Waals surface area contributed by atoms with Gasteiger partial charge in [-0.05, 0) is 46.3 Å². The van der Waals surface area contributed by atoms with E-state index in [0.29, 0.717) is 5.56 Å². The Bertz CT molecular complexity index is 1510. The van der Waals surface area contributed by atoms with Crippen molar-refractivity contribution in [3.8, 4) is 22.5 Å². The van der Waals surface area contributed by atoms with E-state index < -0.39 is 11.8 Å². The largest absolute Gasteiger partial charge is 0.305 e. The number of benzene rings is 3. The molecule has 0 atom stereocenters. The molecule has 0 saturated carbocycles. The van der Waals surface area contributed by atoms with Crippen molar-refractivity contribution in [3.63, 3.8) is 0 Å². The normalized spacial score (nSPS) is 12.2. The first-order valence-corrected chi connectivity index (χ1v) is 12.9. The molecule has 0 saturated heterocycles. The van der Waals surface area contributed by atoms with E-state index in [-0.39, 0.29) is 25.5 Å². The van der Waals surface area contributed by atoms with Crippen molar-refractivity contribution < 1.29 is 22.8 Å². The summed E-state index contributed by atoms with van der Waals surface area (Å²) in [5, 5.41) is 0. The van der Waals surface area contributed by atoms with Crippen LogP contribution in [0.25, 0.3) is 22.5 Å². The molecule has 201 valence electrons. The van der Waals surface area contributed by atoms with Gasteiger partial charge >= 0.3 is 0 Å². The Morgan fingerprint density at radius 3 is 2.05 bits per heavy atom. The summed E-state index contributed by atoms with van der Waals surface area (Å²) < 4.78 is 16.6.